The van der Waals surface area contributed by atoms with Gasteiger partial charge in [0.2, 0.25) is 0 Å². The van der Waals surface area contributed by atoms with Crippen molar-refractivity contribution < 1.29 is 37.4 Å². The summed E-state index contributed by atoms with van der Waals surface area (Å²) in [6.07, 6.45) is -3.34. The molecule has 3 aromatic rings. The van der Waals surface area contributed by atoms with Gasteiger partial charge in [-0.3, -0.25) is 13.9 Å². The van der Waals surface area contributed by atoms with E-state index in [9.17, 15) is 14.5 Å². The Morgan fingerprint density at radius 2 is 1.98 bits per heavy atom. The summed E-state index contributed by atoms with van der Waals surface area (Å²) in [5.74, 6) is 0.404. The van der Waals surface area contributed by atoms with Crippen molar-refractivity contribution in [2.75, 3.05) is 19.0 Å². The number of anilines is 1. The molecule has 13 nitrogen and oxygen atoms in total. The lowest BCUT2D eigenvalue weighted by Gasteiger charge is -2.25. The summed E-state index contributed by atoms with van der Waals surface area (Å²) < 4.78 is 53.4. The molecule has 0 radical (unpaired) electrons. The summed E-state index contributed by atoms with van der Waals surface area (Å²) in [7, 11) is -2.59. The van der Waals surface area contributed by atoms with Crippen LogP contribution in [0.3, 0.4) is 0 Å². The first kappa shape index (κ1) is 29.8. The molecule has 3 N–H and O–H groups in total. The first-order valence-electron chi connectivity index (χ1n) is 12.7. The molecular weight excluding hydrogens is 546 g/mol. The lowest BCUT2D eigenvalue weighted by molar-refractivity contribution is -0.149. The van der Waals surface area contributed by atoms with Gasteiger partial charge in [0.15, 0.2) is 28.9 Å². The SMILES string of the molecule is CNc1nc(C)nc2c1ncn2[C@@H]1OC(CO[P@@](=O)(N[C@H](C)C(=O)OC(C)C)Oc2ccccc2)[C@@H](O)[C@@]1(C)F. The molecular formula is C25H34FN6O7P. The van der Waals surface area contributed by atoms with Gasteiger partial charge in [-0.25, -0.2) is 23.9 Å². The third-order valence-corrected chi connectivity index (χ3v) is 7.82. The molecule has 0 amide bonds. The molecule has 40 heavy (non-hydrogen) atoms. The molecule has 0 aliphatic carbocycles. The van der Waals surface area contributed by atoms with Crippen LogP contribution in [0, 0.1) is 6.92 Å². The lowest BCUT2D eigenvalue weighted by atomic mass is 9.98. The summed E-state index contributed by atoms with van der Waals surface area (Å²) >= 11 is 0. The number of carbonyl (C=O) groups is 1. The van der Waals surface area contributed by atoms with E-state index in [4.69, 9.17) is 18.5 Å². The molecule has 6 atom stereocenters. The van der Waals surface area contributed by atoms with Crippen LogP contribution >= 0.6 is 7.75 Å². The molecule has 3 heterocycles. The highest BCUT2D eigenvalue weighted by molar-refractivity contribution is 7.52. The normalized spacial score (nSPS) is 25.1. The van der Waals surface area contributed by atoms with Gasteiger partial charge in [-0.1, -0.05) is 18.2 Å². The molecule has 1 aliphatic rings. The summed E-state index contributed by atoms with van der Waals surface area (Å²) in [5.41, 5.74) is -1.61. The van der Waals surface area contributed by atoms with Crippen molar-refractivity contribution in [2.45, 2.75) is 70.9 Å². The Balaban J connectivity index is 1.56. The average molecular weight is 581 g/mol. The van der Waals surface area contributed by atoms with Crippen molar-refractivity contribution in [3.05, 3.63) is 42.5 Å². The fourth-order valence-corrected chi connectivity index (χ4v) is 5.73. The van der Waals surface area contributed by atoms with E-state index >= 15 is 4.39 Å². The Bertz CT molecular complexity index is 1390. The van der Waals surface area contributed by atoms with E-state index in [1.807, 2.05) is 0 Å². The minimum Gasteiger partial charge on any atom is -0.462 e. The summed E-state index contributed by atoms with van der Waals surface area (Å²) in [4.78, 5) is 25.3. The number of aromatic nitrogens is 4. The second-order valence-electron chi connectivity index (χ2n) is 9.85. The second kappa shape index (κ2) is 11.8. The maximum absolute atomic E-state index is 16.0. The number of rotatable bonds is 11. The van der Waals surface area contributed by atoms with Crippen LogP contribution in [0.1, 0.15) is 39.7 Å². The second-order valence-corrected chi connectivity index (χ2v) is 11.5. The number of aliphatic hydroxyl groups is 1. The highest BCUT2D eigenvalue weighted by Gasteiger charge is 2.56. The zero-order valence-electron chi connectivity index (χ0n) is 23.1. The number of aryl methyl sites for hydroxylation is 1. The number of ether oxygens (including phenoxy) is 2. The number of aliphatic hydroxyl groups excluding tert-OH is 1. The molecule has 1 aromatic carbocycles. The van der Waals surface area contributed by atoms with Gasteiger partial charge in [0.1, 0.15) is 29.8 Å². The van der Waals surface area contributed by atoms with E-state index in [-0.39, 0.29) is 5.75 Å². The maximum atomic E-state index is 16.0. The first-order valence-corrected chi connectivity index (χ1v) is 14.3. The van der Waals surface area contributed by atoms with Gasteiger partial charge >= 0.3 is 13.7 Å². The smallest absolute Gasteiger partial charge is 0.459 e. The van der Waals surface area contributed by atoms with Crippen molar-refractivity contribution in [2.24, 2.45) is 0 Å². The van der Waals surface area contributed by atoms with Crippen molar-refractivity contribution in [1.82, 2.24) is 24.6 Å². The van der Waals surface area contributed by atoms with Crippen molar-refractivity contribution in [1.29, 1.82) is 0 Å². The van der Waals surface area contributed by atoms with Gasteiger partial charge < -0.3 is 24.4 Å². The van der Waals surface area contributed by atoms with Gasteiger partial charge in [-0.15, -0.1) is 0 Å². The van der Waals surface area contributed by atoms with Gasteiger partial charge in [0.25, 0.3) is 0 Å². The summed E-state index contributed by atoms with van der Waals surface area (Å²) in [5, 5.41) is 16.4. The standard InChI is InChI=1S/C25H34FN6O7P/c1-14(2)37-23(34)15(3)31-40(35,39-17-10-8-7-9-11-17)36-12-18-20(33)25(5,26)24(38-18)32-13-28-19-21(27-6)29-16(4)30-22(19)32/h7-11,13-15,18,20,24,33H,12H2,1-6H3,(H,31,35)(H,27,29,30)/t15-,18?,20-,24-,25-,40+/m1/s1. The number of hydrogen-bond donors (Lipinski definition) is 3. The number of nitrogens with zero attached hydrogens (tertiary/aromatic N) is 4. The maximum Gasteiger partial charge on any atom is 0.459 e. The molecule has 0 saturated carbocycles. The first-order chi connectivity index (χ1) is 18.8. The molecule has 1 fully saturated rings. The Hall–Kier alpha value is -3.16. The highest BCUT2D eigenvalue weighted by atomic mass is 31.2. The van der Waals surface area contributed by atoms with Gasteiger partial charge in [0.05, 0.1) is 19.0 Å². The quantitative estimate of drug-likeness (QED) is 0.225. The minimum absolute atomic E-state index is 0.198. The zero-order valence-corrected chi connectivity index (χ0v) is 24.0. The molecule has 1 unspecified atom stereocenters. The van der Waals surface area contributed by atoms with Crippen LogP contribution in [0.2, 0.25) is 0 Å². The predicted molar refractivity (Wildman–Crippen MR) is 143 cm³/mol. The summed E-state index contributed by atoms with van der Waals surface area (Å²) in [6, 6.07) is 7.10. The minimum atomic E-state index is -4.26. The largest absolute Gasteiger partial charge is 0.462 e. The number of esters is 1. The van der Waals surface area contributed by atoms with E-state index in [2.05, 4.69) is 25.4 Å². The third-order valence-electron chi connectivity index (χ3n) is 6.17. The van der Waals surface area contributed by atoms with Crippen molar-refractivity contribution >= 4 is 30.7 Å². The van der Waals surface area contributed by atoms with E-state index in [1.165, 1.54) is 24.7 Å². The number of alkyl halides is 1. The fraction of sp³-hybridized carbons (Fsp3) is 0.520. The molecule has 218 valence electrons. The van der Waals surface area contributed by atoms with Gasteiger partial charge in [0, 0.05) is 7.05 Å². The van der Waals surface area contributed by atoms with Crippen LogP contribution in [0.4, 0.5) is 10.2 Å². The molecule has 4 rings (SSSR count). The van der Waals surface area contributed by atoms with Gasteiger partial charge in [-0.2, -0.15) is 5.09 Å². The molecule has 0 spiro atoms. The van der Waals surface area contributed by atoms with Crippen LogP contribution in [-0.2, 0) is 23.4 Å². The predicted octanol–water partition coefficient (Wildman–Crippen LogP) is 3.30. The molecule has 1 aliphatic heterocycles. The number of benzene rings is 1. The van der Waals surface area contributed by atoms with Crippen LogP contribution in [0.15, 0.2) is 36.7 Å². The van der Waals surface area contributed by atoms with E-state index in [0.29, 0.717) is 22.8 Å². The number of nitrogens with one attached hydrogen (secondary N) is 2. The lowest BCUT2D eigenvalue weighted by Crippen LogP contribution is -2.41. The topological polar surface area (TPSA) is 159 Å². The van der Waals surface area contributed by atoms with Crippen molar-refractivity contribution in [3.63, 3.8) is 0 Å². The highest BCUT2D eigenvalue weighted by Crippen LogP contribution is 2.48. The summed E-state index contributed by atoms with van der Waals surface area (Å²) in [6.45, 7) is 7.13. The number of hydrogen-bond acceptors (Lipinski definition) is 11. The Labute approximate surface area is 231 Å². The average Bonchev–Trinajstić information content (AvgIpc) is 3.40. The number of halogens is 1. The molecule has 15 heteroatoms. The van der Waals surface area contributed by atoms with Crippen LogP contribution in [-0.4, -0.2) is 74.3 Å². The monoisotopic (exact) mass is 580 g/mol. The molecule has 0 bridgehead atoms. The third kappa shape index (κ3) is 6.26. The Morgan fingerprint density at radius 1 is 1.27 bits per heavy atom. The number of carbonyl (C=O) groups excluding carboxylic acids is 1. The van der Waals surface area contributed by atoms with Crippen LogP contribution in [0.25, 0.3) is 11.2 Å². The zero-order chi connectivity index (χ0) is 29.2. The van der Waals surface area contributed by atoms with Crippen LogP contribution < -0.4 is 14.9 Å². The van der Waals surface area contributed by atoms with E-state index < -0.39 is 56.6 Å². The fourth-order valence-electron chi connectivity index (χ4n) is 4.23. The van der Waals surface area contributed by atoms with Crippen LogP contribution in [0.5, 0.6) is 5.75 Å². The van der Waals surface area contributed by atoms with Gasteiger partial charge in [-0.05, 0) is 46.8 Å². The number of para-hydroxylation sites is 1. The number of imidazole rings is 1. The molecule has 1 saturated heterocycles. The van der Waals surface area contributed by atoms with Crippen molar-refractivity contribution in [3.8, 4) is 5.75 Å². The van der Waals surface area contributed by atoms with E-state index in [0.717, 1.165) is 0 Å². The Morgan fingerprint density at radius 3 is 2.62 bits per heavy atom. The molecule has 2 aromatic heterocycles. The number of fused-ring (bicyclic) bond motifs is 1. The Kier molecular flexibility index (Phi) is 8.76. The van der Waals surface area contributed by atoms with E-state index in [1.54, 1.807) is 58.2 Å².